The summed E-state index contributed by atoms with van der Waals surface area (Å²) in [6, 6.07) is 9.27. The summed E-state index contributed by atoms with van der Waals surface area (Å²) in [6.07, 6.45) is 1.58. The van der Waals surface area contributed by atoms with Crippen molar-refractivity contribution < 1.29 is 26.4 Å². The van der Waals surface area contributed by atoms with E-state index in [1.54, 1.807) is 26.0 Å². The monoisotopic (exact) mass is 494 g/mol. The number of methoxy groups -OCH3 is 1. The normalized spacial score (nSPS) is 16.1. The first-order valence-corrected chi connectivity index (χ1v) is 13.5. The number of carbonyl (C=O) groups is 1. The second kappa shape index (κ2) is 9.08. The number of carbonyl (C=O) groups excluding carboxylic acids is 1. The van der Waals surface area contributed by atoms with Gasteiger partial charge in [0.1, 0.15) is 5.75 Å². The fourth-order valence-corrected chi connectivity index (χ4v) is 7.47. The number of sulfone groups is 1. The minimum absolute atomic E-state index is 0.0403. The summed E-state index contributed by atoms with van der Waals surface area (Å²) in [5.41, 5.74) is 1.47. The van der Waals surface area contributed by atoms with Crippen LogP contribution in [-0.2, 0) is 24.7 Å². The summed E-state index contributed by atoms with van der Waals surface area (Å²) in [5.74, 6) is -0.447. The number of nitrogens with zero attached hydrogens (tertiary/aromatic N) is 1. The molecular weight excluding hydrogens is 464 g/mol. The zero-order valence-electron chi connectivity index (χ0n) is 19.5. The molecule has 180 valence electrons. The first-order valence-electron chi connectivity index (χ1n) is 10.6. The highest BCUT2D eigenvalue weighted by atomic mass is 32.2. The molecule has 1 saturated carbocycles. The third-order valence-corrected chi connectivity index (χ3v) is 10.6. The second-order valence-corrected chi connectivity index (χ2v) is 13.0. The number of benzene rings is 2. The molecule has 0 unspecified atom stereocenters. The SMILES string of the molecule is COc1ccc(S(=O)(=O)N(C)C)cc1NC(=O)C1(S(=O)(=O)c2cc(C)ccc2C)CCCC1. The van der Waals surface area contributed by atoms with Crippen molar-refractivity contribution in [3.8, 4) is 5.75 Å². The van der Waals surface area contributed by atoms with Gasteiger partial charge in [-0.15, -0.1) is 0 Å². The molecule has 0 atom stereocenters. The third-order valence-electron chi connectivity index (χ3n) is 6.17. The van der Waals surface area contributed by atoms with Crippen LogP contribution in [0, 0.1) is 13.8 Å². The first kappa shape index (κ1) is 25.2. The largest absolute Gasteiger partial charge is 0.495 e. The molecule has 0 heterocycles. The molecule has 1 N–H and O–H groups in total. The Hall–Kier alpha value is -2.43. The maximum Gasteiger partial charge on any atom is 0.246 e. The van der Waals surface area contributed by atoms with E-state index in [1.807, 2.05) is 6.07 Å². The molecule has 8 nitrogen and oxygen atoms in total. The molecule has 0 aromatic heterocycles. The maximum atomic E-state index is 13.8. The summed E-state index contributed by atoms with van der Waals surface area (Å²) < 4.78 is 57.5. The quantitative estimate of drug-likeness (QED) is 0.633. The summed E-state index contributed by atoms with van der Waals surface area (Å²) in [7, 11) is -3.59. The molecular formula is C23H30N2O6S2. The Morgan fingerprint density at radius 2 is 1.64 bits per heavy atom. The van der Waals surface area contributed by atoms with Gasteiger partial charge < -0.3 is 10.1 Å². The van der Waals surface area contributed by atoms with Crippen molar-refractivity contribution in [2.45, 2.75) is 54.1 Å². The number of amides is 1. The lowest BCUT2D eigenvalue weighted by atomic mass is 10.1. The minimum atomic E-state index is -4.02. The number of ether oxygens (including phenoxy) is 1. The van der Waals surface area contributed by atoms with Crippen molar-refractivity contribution in [1.29, 1.82) is 0 Å². The average molecular weight is 495 g/mol. The van der Waals surface area contributed by atoms with E-state index in [2.05, 4.69) is 5.32 Å². The first-order chi connectivity index (χ1) is 15.4. The van der Waals surface area contributed by atoms with Gasteiger partial charge in [0.05, 0.1) is 22.6 Å². The number of hydrogen-bond donors (Lipinski definition) is 1. The molecule has 2 aromatic rings. The highest BCUT2D eigenvalue weighted by Gasteiger charge is 2.53. The van der Waals surface area contributed by atoms with Crippen LogP contribution in [0.1, 0.15) is 36.8 Å². The summed E-state index contributed by atoms with van der Waals surface area (Å²) >= 11 is 0. The van der Waals surface area contributed by atoms with Crippen molar-refractivity contribution in [1.82, 2.24) is 4.31 Å². The van der Waals surface area contributed by atoms with Crippen LogP contribution in [-0.4, -0.2) is 53.0 Å². The predicted molar refractivity (Wildman–Crippen MR) is 127 cm³/mol. The zero-order valence-corrected chi connectivity index (χ0v) is 21.1. The van der Waals surface area contributed by atoms with E-state index in [4.69, 9.17) is 4.74 Å². The zero-order chi connectivity index (χ0) is 24.6. The molecule has 10 heteroatoms. The van der Waals surface area contributed by atoms with Crippen LogP contribution in [0.5, 0.6) is 5.75 Å². The minimum Gasteiger partial charge on any atom is -0.495 e. The molecule has 1 amide bonds. The van der Waals surface area contributed by atoms with E-state index < -0.39 is 30.5 Å². The highest BCUT2D eigenvalue weighted by Crippen LogP contribution is 2.43. The molecule has 0 aliphatic heterocycles. The van der Waals surface area contributed by atoms with Gasteiger partial charge in [-0.05, 0) is 62.1 Å². The van der Waals surface area contributed by atoms with E-state index in [0.29, 0.717) is 18.4 Å². The van der Waals surface area contributed by atoms with Crippen LogP contribution >= 0.6 is 0 Å². The van der Waals surface area contributed by atoms with Crippen molar-refractivity contribution in [3.05, 3.63) is 47.5 Å². The van der Waals surface area contributed by atoms with Gasteiger partial charge in [0.15, 0.2) is 14.6 Å². The Kier molecular flexibility index (Phi) is 6.93. The molecule has 1 fully saturated rings. The Labute approximate surface area is 195 Å². The number of aryl methyl sites for hydroxylation is 2. The third kappa shape index (κ3) is 4.39. The molecule has 0 bridgehead atoms. The molecule has 0 radical (unpaired) electrons. The van der Waals surface area contributed by atoms with Gasteiger partial charge in [0, 0.05) is 14.1 Å². The van der Waals surface area contributed by atoms with Gasteiger partial charge in [0.2, 0.25) is 15.9 Å². The average Bonchev–Trinajstić information content (AvgIpc) is 3.27. The Morgan fingerprint density at radius 3 is 2.21 bits per heavy atom. The van der Waals surface area contributed by atoms with Crippen molar-refractivity contribution in [3.63, 3.8) is 0 Å². The van der Waals surface area contributed by atoms with Crippen molar-refractivity contribution in [2.75, 3.05) is 26.5 Å². The summed E-state index contributed by atoms with van der Waals surface area (Å²) in [4.78, 5) is 13.7. The molecule has 2 aromatic carbocycles. The molecule has 0 spiro atoms. The lowest BCUT2D eigenvalue weighted by molar-refractivity contribution is -0.118. The van der Waals surface area contributed by atoms with Gasteiger partial charge in [-0.2, -0.15) is 0 Å². The molecule has 33 heavy (non-hydrogen) atoms. The van der Waals surface area contributed by atoms with Crippen LogP contribution in [0.3, 0.4) is 0 Å². The lowest BCUT2D eigenvalue weighted by Gasteiger charge is -2.29. The summed E-state index contributed by atoms with van der Waals surface area (Å²) in [6.45, 7) is 3.52. The van der Waals surface area contributed by atoms with Gasteiger partial charge in [-0.3, -0.25) is 4.79 Å². The standard InChI is InChI=1S/C23H30N2O6S2/c1-16-8-9-17(2)21(14-16)32(27,28)23(12-6-7-13-23)22(26)24-19-15-18(10-11-20(19)31-5)33(29,30)25(3)4/h8-11,14-15H,6-7,12-13H2,1-5H3,(H,24,26). The van der Waals surface area contributed by atoms with Gasteiger partial charge in [-0.25, -0.2) is 21.1 Å². The van der Waals surface area contributed by atoms with Gasteiger partial charge in [-0.1, -0.05) is 25.0 Å². The molecule has 3 rings (SSSR count). The van der Waals surface area contributed by atoms with Gasteiger partial charge >= 0.3 is 0 Å². The number of rotatable bonds is 7. The number of nitrogens with one attached hydrogen (secondary N) is 1. The Bertz CT molecular complexity index is 1280. The van der Waals surface area contributed by atoms with Crippen molar-refractivity contribution >= 4 is 31.5 Å². The Balaban J connectivity index is 2.09. The number of sulfonamides is 1. The highest BCUT2D eigenvalue weighted by molar-refractivity contribution is 7.93. The maximum absolute atomic E-state index is 13.8. The topological polar surface area (TPSA) is 110 Å². The molecule has 1 aliphatic rings. The van der Waals surface area contributed by atoms with Crippen LogP contribution < -0.4 is 10.1 Å². The van der Waals surface area contributed by atoms with E-state index in [9.17, 15) is 21.6 Å². The predicted octanol–water partition coefficient (Wildman–Crippen LogP) is 3.29. The fraction of sp³-hybridized carbons (Fsp3) is 0.435. The van der Waals surface area contributed by atoms with E-state index in [0.717, 1.165) is 9.87 Å². The second-order valence-electron chi connectivity index (χ2n) is 8.58. The van der Waals surface area contributed by atoms with E-state index in [-0.39, 0.29) is 34.1 Å². The van der Waals surface area contributed by atoms with Crippen LogP contribution in [0.4, 0.5) is 5.69 Å². The number of anilines is 1. The van der Waals surface area contributed by atoms with E-state index in [1.165, 1.54) is 39.4 Å². The van der Waals surface area contributed by atoms with Crippen LogP contribution in [0.25, 0.3) is 0 Å². The van der Waals surface area contributed by atoms with E-state index >= 15 is 0 Å². The van der Waals surface area contributed by atoms with Crippen molar-refractivity contribution in [2.24, 2.45) is 0 Å². The lowest BCUT2D eigenvalue weighted by Crippen LogP contribution is -2.47. The smallest absolute Gasteiger partial charge is 0.246 e. The van der Waals surface area contributed by atoms with Crippen LogP contribution in [0.2, 0.25) is 0 Å². The Morgan fingerprint density at radius 1 is 1.00 bits per heavy atom. The number of hydrogen-bond acceptors (Lipinski definition) is 6. The van der Waals surface area contributed by atoms with Crippen LogP contribution in [0.15, 0.2) is 46.2 Å². The van der Waals surface area contributed by atoms with Gasteiger partial charge in [0.25, 0.3) is 0 Å². The molecule has 1 aliphatic carbocycles. The summed E-state index contributed by atoms with van der Waals surface area (Å²) in [5, 5.41) is 2.68. The molecule has 0 saturated heterocycles. The fourth-order valence-electron chi connectivity index (χ4n) is 4.16.